The highest BCUT2D eigenvalue weighted by Gasteiger charge is 2.30. The Balaban J connectivity index is 0.000000320. The fourth-order valence-corrected chi connectivity index (χ4v) is 5.17. The average molecular weight is 604 g/mol. The lowest BCUT2D eigenvalue weighted by molar-refractivity contribution is -0.137. The maximum Gasteiger partial charge on any atom is 0.416 e. The third-order valence-electron chi connectivity index (χ3n) is 6.74. The topological polar surface area (TPSA) is 38.8 Å². The van der Waals surface area contributed by atoms with Crippen LogP contribution in [0.25, 0.3) is 0 Å². The van der Waals surface area contributed by atoms with Crippen molar-refractivity contribution in [2.45, 2.75) is 45.2 Å². The van der Waals surface area contributed by atoms with E-state index < -0.39 is 11.7 Å². The largest absolute Gasteiger partial charge is 0.416 e. The first-order valence-electron chi connectivity index (χ1n) is 13.2. The molecule has 1 N–H and O–H groups in total. The van der Waals surface area contributed by atoms with Gasteiger partial charge in [-0.3, -0.25) is 4.79 Å². The molecule has 0 radical (unpaired) electrons. The zero-order chi connectivity index (χ0) is 28.4. The molecule has 0 spiro atoms. The summed E-state index contributed by atoms with van der Waals surface area (Å²) in [5.74, 6) is 0.221. The number of rotatable bonds is 5. The number of anilines is 1. The van der Waals surface area contributed by atoms with Crippen molar-refractivity contribution >= 4 is 52.1 Å². The van der Waals surface area contributed by atoms with Gasteiger partial charge in [0.2, 0.25) is 5.91 Å². The fraction of sp³-hybridized carbons (Fsp3) is 0.500. The Hall–Kier alpha value is -2.07. The minimum Gasteiger partial charge on any atom is -0.347 e. The van der Waals surface area contributed by atoms with Crippen LogP contribution < -0.4 is 5.32 Å². The van der Waals surface area contributed by atoms with Gasteiger partial charge in [-0.05, 0) is 82.3 Å². The van der Waals surface area contributed by atoms with E-state index in [1.165, 1.54) is 38.4 Å². The number of nitrogens with zero attached hydrogens (tertiary/aromatic N) is 3. The van der Waals surface area contributed by atoms with Crippen LogP contribution in [0, 0.1) is 6.92 Å². The highest BCUT2D eigenvalue weighted by atomic mass is 35.5. The second-order valence-corrected chi connectivity index (χ2v) is 11.0. The highest BCUT2D eigenvalue weighted by Crippen LogP contribution is 2.29. The first-order valence-corrected chi connectivity index (χ1v) is 14.3. The molecular formula is C28H35Cl2F3N4OS. The number of benzene rings is 2. The Morgan fingerprint density at radius 1 is 0.949 bits per heavy atom. The van der Waals surface area contributed by atoms with E-state index in [1.807, 2.05) is 11.0 Å². The zero-order valence-electron chi connectivity index (χ0n) is 22.1. The van der Waals surface area contributed by atoms with Crippen molar-refractivity contribution in [2.24, 2.45) is 0 Å². The molecular weight excluding hydrogens is 568 g/mol. The lowest BCUT2D eigenvalue weighted by Crippen LogP contribution is -2.39. The van der Waals surface area contributed by atoms with Gasteiger partial charge in [0.05, 0.1) is 15.6 Å². The monoisotopic (exact) mass is 602 g/mol. The normalized spacial score (nSPS) is 16.8. The number of carbonyl (C=O) groups excluding carboxylic acids is 1. The molecule has 11 heteroatoms. The number of alkyl halides is 3. The minimum absolute atomic E-state index is 0.221. The summed E-state index contributed by atoms with van der Waals surface area (Å²) in [6.45, 7) is 8.04. The quantitative estimate of drug-likeness (QED) is 0.369. The molecule has 2 heterocycles. The Kier molecular flexibility index (Phi) is 12.2. The van der Waals surface area contributed by atoms with E-state index in [9.17, 15) is 18.0 Å². The third-order valence-corrected chi connectivity index (χ3v) is 7.84. The predicted octanol–water partition coefficient (Wildman–Crippen LogP) is 7.11. The highest BCUT2D eigenvalue weighted by molar-refractivity contribution is 7.80. The van der Waals surface area contributed by atoms with E-state index in [0.29, 0.717) is 40.2 Å². The van der Waals surface area contributed by atoms with Gasteiger partial charge in [-0.15, -0.1) is 0 Å². The van der Waals surface area contributed by atoms with Crippen molar-refractivity contribution in [1.29, 1.82) is 0 Å². The molecule has 0 saturated carbocycles. The van der Waals surface area contributed by atoms with Crippen molar-refractivity contribution in [3.63, 3.8) is 0 Å². The molecule has 2 saturated heterocycles. The fourth-order valence-electron chi connectivity index (χ4n) is 4.57. The van der Waals surface area contributed by atoms with Gasteiger partial charge in [-0.25, -0.2) is 0 Å². The van der Waals surface area contributed by atoms with Crippen LogP contribution in [0.3, 0.4) is 0 Å². The molecule has 4 rings (SSSR count). The smallest absolute Gasteiger partial charge is 0.347 e. The van der Waals surface area contributed by atoms with Crippen LogP contribution in [0.1, 0.15) is 43.2 Å². The molecule has 214 valence electrons. The van der Waals surface area contributed by atoms with E-state index in [1.54, 1.807) is 25.1 Å². The van der Waals surface area contributed by atoms with Gasteiger partial charge in [0, 0.05) is 38.3 Å². The Bertz CT molecular complexity index is 1110. The maximum absolute atomic E-state index is 12.5. The Morgan fingerprint density at radius 3 is 2.33 bits per heavy atom. The lowest BCUT2D eigenvalue weighted by atomic mass is 10.1. The summed E-state index contributed by atoms with van der Waals surface area (Å²) in [5, 5.41) is 4.81. The number of aryl methyl sites for hydroxylation is 1. The van der Waals surface area contributed by atoms with E-state index in [4.69, 9.17) is 35.4 Å². The van der Waals surface area contributed by atoms with Crippen molar-refractivity contribution in [2.75, 3.05) is 51.1 Å². The second kappa shape index (κ2) is 15.1. The van der Waals surface area contributed by atoms with Gasteiger partial charge in [-0.1, -0.05) is 53.4 Å². The average Bonchev–Trinajstić information content (AvgIpc) is 3.08. The molecule has 5 nitrogen and oxygen atoms in total. The molecule has 2 aromatic carbocycles. The SMILES string of the molecule is Cc1cccc(C(F)(F)F)c1.O=C1CCN(C(=S)Nc2ccc(Cl)c(Cl)c2)CCN1CCCN1CCCCC1. The van der Waals surface area contributed by atoms with Crippen LogP contribution in [0.2, 0.25) is 10.0 Å². The third kappa shape index (κ3) is 10.4. The van der Waals surface area contributed by atoms with Crippen molar-refractivity contribution in [3.05, 3.63) is 63.6 Å². The number of thiocarbonyl (C=S) groups is 1. The second-order valence-electron chi connectivity index (χ2n) is 9.80. The number of likely N-dealkylation sites (tertiary alicyclic amines) is 1. The van der Waals surface area contributed by atoms with Gasteiger partial charge < -0.3 is 20.0 Å². The lowest BCUT2D eigenvalue weighted by Gasteiger charge is -2.28. The summed E-state index contributed by atoms with van der Waals surface area (Å²) >= 11 is 17.6. The summed E-state index contributed by atoms with van der Waals surface area (Å²) < 4.78 is 35.9. The molecule has 2 aliphatic rings. The van der Waals surface area contributed by atoms with E-state index in [0.717, 1.165) is 43.9 Å². The molecule has 2 aliphatic heterocycles. The molecule has 0 atom stereocenters. The van der Waals surface area contributed by atoms with Crippen LogP contribution >= 0.6 is 35.4 Å². The molecule has 39 heavy (non-hydrogen) atoms. The number of hydrogen-bond donors (Lipinski definition) is 1. The Morgan fingerprint density at radius 2 is 1.69 bits per heavy atom. The number of piperidine rings is 1. The summed E-state index contributed by atoms with van der Waals surface area (Å²) in [6.07, 6.45) is 1.28. The van der Waals surface area contributed by atoms with Crippen LogP contribution in [0.4, 0.5) is 18.9 Å². The number of amides is 1. The summed E-state index contributed by atoms with van der Waals surface area (Å²) in [5.41, 5.74) is 0.839. The summed E-state index contributed by atoms with van der Waals surface area (Å²) in [4.78, 5) is 19.1. The molecule has 0 aromatic heterocycles. The van der Waals surface area contributed by atoms with Crippen LogP contribution in [0.5, 0.6) is 0 Å². The maximum atomic E-state index is 12.5. The van der Waals surface area contributed by atoms with Gasteiger partial charge in [-0.2, -0.15) is 13.2 Å². The summed E-state index contributed by atoms with van der Waals surface area (Å²) in [7, 11) is 0. The van der Waals surface area contributed by atoms with E-state index in [-0.39, 0.29) is 5.91 Å². The molecule has 0 unspecified atom stereocenters. The number of nitrogens with one attached hydrogen (secondary N) is 1. The minimum atomic E-state index is -4.22. The number of hydrogen-bond acceptors (Lipinski definition) is 3. The van der Waals surface area contributed by atoms with Crippen molar-refractivity contribution < 1.29 is 18.0 Å². The molecule has 2 aromatic rings. The van der Waals surface area contributed by atoms with Gasteiger partial charge in [0.25, 0.3) is 0 Å². The van der Waals surface area contributed by atoms with Crippen LogP contribution in [-0.2, 0) is 11.0 Å². The van der Waals surface area contributed by atoms with E-state index >= 15 is 0 Å². The summed E-state index contributed by atoms with van der Waals surface area (Å²) in [6, 6.07) is 10.6. The van der Waals surface area contributed by atoms with Gasteiger partial charge >= 0.3 is 6.18 Å². The molecule has 1 amide bonds. The molecule has 0 aliphatic carbocycles. The first-order chi connectivity index (χ1) is 18.5. The molecule has 2 fully saturated rings. The van der Waals surface area contributed by atoms with Gasteiger partial charge in [0.1, 0.15) is 0 Å². The van der Waals surface area contributed by atoms with Crippen molar-refractivity contribution in [1.82, 2.24) is 14.7 Å². The first kappa shape index (κ1) is 31.5. The molecule has 0 bridgehead atoms. The standard InChI is InChI=1S/C20H28Cl2N4OS.C8H7F3/c21-17-6-5-16(15-18(17)22)23-20(28)26-12-7-19(27)25(13-14-26)11-4-10-24-8-2-1-3-9-24;1-6-3-2-4-7(5-6)8(9,10)11/h5-6,15H,1-4,7-14H2,(H,23,28);2-5H,1H3. The van der Waals surface area contributed by atoms with Gasteiger partial charge in [0.15, 0.2) is 5.11 Å². The van der Waals surface area contributed by atoms with Crippen LogP contribution in [-0.4, -0.2) is 71.5 Å². The van der Waals surface area contributed by atoms with Crippen LogP contribution in [0.15, 0.2) is 42.5 Å². The number of halogens is 5. The predicted molar refractivity (Wildman–Crippen MR) is 157 cm³/mol. The zero-order valence-corrected chi connectivity index (χ0v) is 24.4. The van der Waals surface area contributed by atoms with Crippen molar-refractivity contribution in [3.8, 4) is 0 Å². The number of carbonyl (C=O) groups is 1. The van der Waals surface area contributed by atoms with E-state index in [2.05, 4.69) is 15.1 Å². The Labute approximate surface area is 244 Å².